The lowest BCUT2D eigenvalue weighted by Crippen LogP contribution is -2.37. The summed E-state index contributed by atoms with van der Waals surface area (Å²) in [4.78, 5) is 16.6. The van der Waals surface area contributed by atoms with Crippen molar-refractivity contribution in [1.82, 2.24) is 14.9 Å². The van der Waals surface area contributed by atoms with Gasteiger partial charge in [-0.25, -0.2) is 4.98 Å². The molecule has 0 amide bonds. The predicted octanol–water partition coefficient (Wildman–Crippen LogP) is 1.94. The van der Waals surface area contributed by atoms with E-state index in [1.165, 1.54) is 12.8 Å². The number of hydrogen-bond acceptors (Lipinski definition) is 3. The fourth-order valence-corrected chi connectivity index (χ4v) is 2.53. The highest BCUT2D eigenvalue weighted by atomic mass is 16.1. The van der Waals surface area contributed by atoms with Crippen molar-refractivity contribution in [2.24, 2.45) is 0 Å². The summed E-state index contributed by atoms with van der Waals surface area (Å²) in [7, 11) is 0. The third-order valence-electron chi connectivity index (χ3n) is 3.55. The first-order valence-electron chi connectivity index (χ1n) is 7.07. The molecule has 0 bridgehead atoms. The van der Waals surface area contributed by atoms with Crippen molar-refractivity contribution in [3.05, 3.63) is 18.2 Å². The van der Waals surface area contributed by atoms with Gasteiger partial charge in [0, 0.05) is 18.9 Å². The van der Waals surface area contributed by atoms with Crippen molar-refractivity contribution < 1.29 is 4.79 Å². The summed E-state index contributed by atoms with van der Waals surface area (Å²) in [6.07, 6.45) is 9.85. The number of ketones is 1. The summed E-state index contributed by atoms with van der Waals surface area (Å²) < 4.78 is 2.09. The first kappa shape index (κ1) is 13.3. The van der Waals surface area contributed by atoms with E-state index in [-0.39, 0.29) is 6.04 Å². The Balaban J connectivity index is 1.94. The zero-order chi connectivity index (χ0) is 12.8. The molecule has 100 valence electrons. The molecule has 0 saturated carbocycles. The number of Topliss-reactive ketones (excluding diaryl/α,β-unsaturated/α-hetero) is 1. The van der Waals surface area contributed by atoms with Gasteiger partial charge >= 0.3 is 0 Å². The minimum Gasteiger partial charge on any atom is -0.335 e. The van der Waals surface area contributed by atoms with Crippen LogP contribution in [-0.4, -0.2) is 27.9 Å². The number of aryl methyl sites for hydroxylation is 1. The molecular weight excluding hydrogens is 226 g/mol. The Bertz CT molecular complexity index is 378. The van der Waals surface area contributed by atoms with Gasteiger partial charge in [-0.1, -0.05) is 19.8 Å². The fraction of sp³-hybridized carbons (Fsp3) is 0.714. The summed E-state index contributed by atoms with van der Waals surface area (Å²) in [6, 6.07) is 0.0410. The predicted molar refractivity (Wildman–Crippen MR) is 71.5 cm³/mol. The van der Waals surface area contributed by atoms with Crippen LogP contribution in [0.5, 0.6) is 0 Å². The second-order valence-corrected chi connectivity index (χ2v) is 5.04. The molecule has 1 aliphatic heterocycles. The van der Waals surface area contributed by atoms with Gasteiger partial charge in [-0.3, -0.25) is 4.79 Å². The molecule has 4 nitrogen and oxygen atoms in total. The van der Waals surface area contributed by atoms with Gasteiger partial charge in [-0.15, -0.1) is 0 Å². The van der Waals surface area contributed by atoms with Gasteiger partial charge in [0.2, 0.25) is 0 Å². The zero-order valence-corrected chi connectivity index (χ0v) is 11.2. The summed E-state index contributed by atoms with van der Waals surface area (Å²) in [6.45, 7) is 4.05. The monoisotopic (exact) mass is 249 g/mol. The molecule has 0 spiro atoms. The lowest BCUT2D eigenvalue weighted by atomic mass is 10.0. The Kier molecular flexibility index (Phi) is 4.93. The topological polar surface area (TPSA) is 46.9 Å². The Morgan fingerprint density at radius 2 is 2.39 bits per heavy atom. The highest BCUT2D eigenvalue weighted by Crippen LogP contribution is 2.11. The number of aromatic nitrogens is 2. The number of hydrogen-bond donors (Lipinski definition) is 1. The second kappa shape index (κ2) is 6.69. The van der Waals surface area contributed by atoms with Gasteiger partial charge < -0.3 is 9.88 Å². The lowest BCUT2D eigenvalue weighted by Gasteiger charge is -2.14. The van der Waals surface area contributed by atoms with Crippen molar-refractivity contribution in [3.8, 4) is 0 Å². The van der Waals surface area contributed by atoms with E-state index < -0.39 is 0 Å². The van der Waals surface area contributed by atoms with E-state index >= 15 is 0 Å². The molecule has 1 unspecified atom stereocenters. The Morgan fingerprint density at radius 1 is 1.50 bits per heavy atom. The zero-order valence-electron chi connectivity index (χ0n) is 11.2. The molecule has 1 aliphatic rings. The highest BCUT2D eigenvalue weighted by molar-refractivity contribution is 5.85. The molecule has 1 saturated heterocycles. The largest absolute Gasteiger partial charge is 0.335 e. The molecular formula is C14H23N3O. The van der Waals surface area contributed by atoms with Crippen LogP contribution in [0.4, 0.5) is 0 Å². The molecule has 1 aromatic heterocycles. The van der Waals surface area contributed by atoms with Crippen LogP contribution in [0, 0.1) is 0 Å². The van der Waals surface area contributed by atoms with Crippen LogP contribution in [-0.2, 0) is 17.8 Å². The first-order chi connectivity index (χ1) is 8.81. The maximum atomic E-state index is 12.3. The molecule has 0 radical (unpaired) electrons. The number of imidazole rings is 1. The molecule has 1 aromatic rings. The van der Waals surface area contributed by atoms with E-state index in [0.717, 1.165) is 38.2 Å². The maximum Gasteiger partial charge on any atom is 0.157 e. The molecule has 0 aliphatic carbocycles. The first-order valence-corrected chi connectivity index (χ1v) is 7.07. The van der Waals surface area contributed by atoms with Crippen LogP contribution in [0.2, 0.25) is 0 Å². The molecule has 1 atom stereocenters. The Morgan fingerprint density at radius 3 is 3.22 bits per heavy atom. The van der Waals surface area contributed by atoms with Crippen LogP contribution in [0.3, 0.4) is 0 Å². The number of carbonyl (C=O) groups is 1. The van der Waals surface area contributed by atoms with E-state index in [4.69, 9.17) is 0 Å². The van der Waals surface area contributed by atoms with Gasteiger partial charge in [0.1, 0.15) is 5.82 Å². The number of nitrogens with one attached hydrogen (secondary N) is 1. The van der Waals surface area contributed by atoms with Crippen molar-refractivity contribution in [1.29, 1.82) is 0 Å². The van der Waals surface area contributed by atoms with E-state index in [1.807, 2.05) is 6.20 Å². The van der Waals surface area contributed by atoms with Crippen LogP contribution >= 0.6 is 0 Å². The minimum atomic E-state index is 0.0410. The molecule has 2 rings (SSSR count). The third-order valence-corrected chi connectivity index (χ3v) is 3.55. The van der Waals surface area contributed by atoms with Gasteiger partial charge in [0.25, 0.3) is 0 Å². The average molecular weight is 249 g/mol. The Labute approximate surface area is 109 Å². The number of nitrogens with zero attached hydrogens (tertiary/aromatic N) is 2. The van der Waals surface area contributed by atoms with Crippen molar-refractivity contribution >= 4 is 5.78 Å². The van der Waals surface area contributed by atoms with E-state index in [0.29, 0.717) is 12.2 Å². The molecule has 18 heavy (non-hydrogen) atoms. The van der Waals surface area contributed by atoms with Crippen molar-refractivity contribution in [2.75, 3.05) is 6.54 Å². The van der Waals surface area contributed by atoms with E-state index in [9.17, 15) is 4.79 Å². The smallest absolute Gasteiger partial charge is 0.157 e. The fourth-order valence-electron chi connectivity index (χ4n) is 2.53. The Hall–Kier alpha value is -1.16. The van der Waals surface area contributed by atoms with Crippen molar-refractivity contribution in [3.63, 3.8) is 0 Å². The van der Waals surface area contributed by atoms with Gasteiger partial charge in [0.05, 0.1) is 12.5 Å². The molecule has 4 heteroatoms. The molecule has 1 fully saturated rings. The average Bonchev–Trinajstić information content (AvgIpc) is 2.66. The van der Waals surface area contributed by atoms with Crippen LogP contribution < -0.4 is 5.32 Å². The van der Waals surface area contributed by atoms with Crippen molar-refractivity contribution in [2.45, 2.75) is 58.0 Å². The van der Waals surface area contributed by atoms with E-state index in [1.54, 1.807) is 6.20 Å². The van der Waals surface area contributed by atoms with Gasteiger partial charge in [0.15, 0.2) is 5.78 Å². The molecule has 0 aromatic carbocycles. The number of rotatable bonds is 5. The van der Waals surface area contributed by atoms with Crippen LogP contribution in [0.1, 0.15) is 44.9 Å². The maximum absolute atomic E-state index is 12.3. The molecule has 2 heterocycles. The summed E-state index contributed by atoms with van der Waals surface area (Å²) in [5.74, 6) is 1.20. The van der Waals surface area contributed by atoms with Gasteiger partial charge in [-0.05, 0) is 25.8 Å². The lowest BCUT2D eigenvalue weighted by molar-refractivity contribution is -0.120. The SMILES string of the molecule is CCCn1ccnc1CC(=O)C1CCCCCN1. The normalized spacial score (nSPS) is 20.6. The van der Waals surface area contributed by atoms with Gasteiger partial charge in [-0.2, -0.15) is 0 Å². The molecule has 1 N–H and O–H groups in total. The second-order valence-electron chi connectivity index (χ2n) is 5.04. The summed E-state index contributed by atoms with van der Waals surface area (Å²) in [5.41, 5.74) is 0. The quantitative estimate of drug-likeness (QED) is 0.867. The standard InChI is InChI=1S/C14H23N3O/c1-2-9-17-10-8-16-14(17)11-13(18)12-6-4-3-5-7-15-12/h8,10,12,15H,2-7,9,11H2,1H3. The highest BCUT2D eigenvalue weighted by Gasteiger charge is 2.20. The summed E-state index contributed by atoms with van der Waals surface area (Å²) >= 11 is 0. The van der Waals surface area contributed by atoms with Crippen LogP contribution in [0.15, 0.2) is 12.4 Å². The number of carbonyl (C=O) groups excluding carboxylic acids is 1. The third kappa shape index (κ3) is 3.42. The van der Waals surface area contributed by atoms with E-state index in [2.05, 4.69) is 21.8 Å². The minimum absolute atomic E-state index is 0.0410. The summed E-state index contributed by atoms with van der Waals surface area (Å²) in [5, 5.41) is 3.36. The van der Waals surface area contributed by atoms with Crippen LogP contribution in [0.25, 0.3) is 0 Å².